The smallest absolute Gasteiger partial charge is 0.228 e. The minimum absolute atomic E-state index is 0.0616. The monoisotopic (exact) mass is 455 g/mol. The van der Waals surface area contributed by atoms with Crippen LogP contribution in [0.15, 0.2) is 89.5 Å². The number of hydrogen-bond donors (Lipinski definition) is 0. The first-order valence-corrected chi connectivity index (χ1v) is 11.5. The van der Waals surface area contributed by atoms with Crippen molar-refractivity contribution >= 4 is 5.91 Å². The van der Waals surface area contributed by atoms with E-state index in [0.717, 1.165) is 22.4 Å². The van der Waals surface area contributed by atoms with Crippen LogP contribution in [0.2, 0.25) is 0 Å². The molecule has 6 nitrogen and oxygen atoms in total. The topological polar surface area (TPSA) is 68.5 Å². The molecule has 1 amide bonds. The highest BCUT2D eigenvalue weighted by Crippen LogP contribution is 2.23. The normalized spacial score (nSPS) is 11.7. The van der Waals surface area contributed by atoms with Crippen molar-refractivity contribution in [2.75, 3.05) is 13.7 Å². The lowest BCUT2D eigenvalue weighted by Gasteiger charge is -2.29. The average molecular weight is 456 g/mol. The summed E-state index contributed by atoms with van der Waals surface area (Å²) in [4.78, 5) is 19.7. The maximum atomic E-state index is 13.3. The van der Waals surface area contributed by atoms with E-state index in [-0.39, 0.29) is 11.9 Å². The highest BCUT2D eigenvalue weighted by atomic mass is 16.5. The van der Waals surface area contributed by atoms with Gasteiger partial charge in [0.05, 0.1) is 13.2 Å². The van der Waals surface area contributed by atoms with E-state index in [1.807, 2.05) is 65.6 Å². The predicted molar refractivity (Wildman–Crippen MR) is 131 cm³/mol. The van der Waals surface area contributed by atoms with E-state index in [1.165, 1.54) is 0 Å². The van der Waals surface area contributed by atoms with E-state index in [9.17, 15) is 4.79 Å². The summed E-state index contributed by atoms with van der Waals surface area (Å²) in [6, 6.07) is 27.6. The maximum absolute atomic E-state index is 13.3. The second kappa shape index (κ2) is 11.3. The lowest BCUT2D eigenvalue weighted by Crippen LogP contribution is -2.35. The highest BCUT2D eigenvalue weighted by Gasteiger charge is 2.22. The van der Waals surface area contributed by atoms with Gasteiger partial charge in [0.15, 0.2) is 0 Å². The number of aromatic nitrogens is 2. The molecule has 1 atom stereocenters. The zero-order valence-electron chi connectivity index (χ0n) is 19.6. The highest BCUT2D eigenvalue weighted by molar-refractivity contribution is 5.77. The second-order valence-corrected chi connectivity index (χ2v) is 8.15. The van der Waals surface area contributed by atoms with Crippen molar-refractivity contribution in [3.8, 4) is 17.1 Å². The van der Waals surface area contributed by atoms with Gasteiger partial charge < -0.3 is 14.2 Å². The largest absolute Gasteiger partial charge is 0.497 e. The molecule has 0 spiro atoms. The first kappa shape index (κ1) is 23.2. The van der Waals surface area contributed by atoms with Gasteiger partial charge in [0.25, 0.3) is 0 Å². The Morgan fingerprint density at radius 1 is 0.941 bits per heavy atom. The Morgan fingerprint density at radius 3 is 2.29 bits per heavy atom. The van der Waals surface area contributed by atoms with Crippen LogP contribution in [0.1, 0.15) is 36.4 Å². The third-order valence-electron chi connectivity index (χ3n) is 5.92. The van der Waals surface area contributed by atoms with E-state index in [1.54, 1.807) is 7.11 Å². The molecule has 0 bridgehead atoms. The Kier molecular flexibility index (Phi) is 7.71. The van der Waals surface area contributed by atoms with Gasteiger partial charge in [0, 0.05) is 24.9 Å². The number of carbonyl (C=O) groups excluding carboxylic acids is 1. The third kappa shape index (κ3) is 5.90. The molecule has 0 aliphatic rings. The van der Waals surface area contributed by atoms with Gasteiger partial charge in [-0.15, -0.1) is 0 Å². The van der Waals surface area contributed by atoms with Crippen LogP contribution in [-0.4, -0.2) is 34.6 Å². The molecule has 0 saturated carbocycles. The Balaban J connectivity index is 1.45. The molecule has 34 heavy (non-hydrogen) atoms. The van der Waals surface area contributed by atoms with E-state index in [2.05, 4.69) is 41.3 Å². The number of hydrogen-bond acceptors (Lipinski definition) is 5. The molecule has 174 valence electrons. The predicted octanol–water partition coefficient (Wildman–Crippen LogP) is 5.51. The first-order chi connectivity index (χ1) is 16.6. The number of aryl methyl sites for hydroxylation is 1. The van der Waals surface area contributed by atoms with Crippen molar-refractivity contribution in [2.24, 2.45) is 0 Å². The average Bonchev–Trinajstić information content (AvgIpc) is 3.37. The summed E-state index contributed by atoms with van der Waals surface area (Å²) in [6.45, 7) is 2.56. The summed E-state index contributed by atoms with van der Waals surface area (Å²) in [5.74, 6) is 1.91. The number of amides is 1. The number of rotatable bonds is 10. The number of carbonyl (C=O) groups is 1. The Morgan fingerprint density at radius 2 is 1.62 bits per heavy atom. The summed E-state index contributed by atoms with van der Waals surface area (Å²) in [5, 5.41) is 4.11. The van der Waals surface area contributed by atoms with Gasteiger partial charge >= 0.3 is 0 Å². The van der Waals surface area contributed by atoms with Crippen molar-refractivity contribution in [2.45, 2.75) is 32.2 Å². The number of benzene rings is 3. The quantitative estimate of drug-likeness (QED) is 0.315. The Labute approximate surface area is 200 Å². The standard InChI is InChI=1S/C28H29N3O3/c1-21(23-11-7-4-8-12-23)31(27(32)18-13-22-9-5-3-6-10-22)20-19-26-29-28(30-34-26)24-14-16-25(33-2)17-15-24/h3-12,14-17,21H,13,18-20H2,1-2H3. The van der Waals surface area contributed by atoms with Crippen LogP contribution in [0.4, 0.5) is 0 Å². The molecule has 4 rings (SSSR count). The lowest BCUT2D eigenvalue weighted by molar-refractivity contribution is -0.133. The van der Waals surface area contributed by atoms with Crippen molar-refractivity contribution in [1.82, 2.24) is 15.0 Å². The SMILES string of the molecule is COc1ccc(-c2noc(CCN(C(=O)CCc3ccccc3)C(C)c3ccccc3)n2)cc1. The summed E-state index contributed by atoms with van der Waals surface area (Å²) in [7, 11) is 1.63. The van der Waals surface area contributed by atoms with Crippen molar-refractivity contribution in [1.29, 1.82) is 0 Å². The minimum Gasteiger partial charge on any atom is -0.497 e. The second-order valence-electron chi connectivity index (χ2n) is 8.15. The molecule has 3 aromatic carbocycles. The molecule has 0 radical (unpaired) electrons. The van der Waals surface area contributed by atoms with Crippen molar-refractivity contribution in [3.63, 3.8) is 0 Å². The first-order valence-electron chi connectivity index (χ1n) is 11.5. The van der Waals surface area contributed by atoms with E-state index >= 15 is 0 Å². The zero-order valence-corrected chi connectivity index (χ0v) is 19.6. The minimum atomic E-state index is -0.0616. The summed E-state index contributed by atoms with van der Waals surface area (Å²) >= 11 is 0. The Bertz CT molecular complexity index is 1170. The summed E-state index contributed by atoms with van der Waals surface area (Å²) in [6.07, 6.45) is 1.64. The third-order valence-corrected chi connectivity index (χ3v) is 5.92. The van der Waals surface area contributed by atoms with E-state index in [4.69, 9.17) is 9.26 Å². The van der Waals surface area contributed by atoms with Crippen LogP contribution in [0.3, 0.4) is 0 Å². The molecule has 0 saturated heterocycles. The molecule has 1 heterocycles. The zero-order chi connectivity index (χ0) is 23.8. The molecule has 0 aliphatic carbocycles. The number of nitrogens with zero attached hydrogens (tertiary/aromatic N) is 3. The van der Waals surface area contributed by atoms with Crippen LogP contribution in [-0.2, 0) is 17.6 Å². The van der Waals surface area contributed by atoms with Crippen LogP contribution in [0.5, 0.6) is 5.75 Å². The molecule has 1 aromatic heterocycles. The molecule has 0 fully saturated rings. The summed E-state index contributed by atoms with van der Waals surface area (Å²) < 4.78 is 10.7. The fraction of sp³-hybridized carbons (Fsp3) is 0.250. The molecular formula is C28H29N3O3. The molecule has 6 heteroatoms. The van der Waals surface area contributed by atoms with Gasteiger partial charge in [-0.25, -0.2) is 0 Å². The fourth-order valence-corrected chi connectivity index (χ4v) is 3.92. The lowest BCUT2D eigenvalue weighted by atomic mass is 10.0. The molecule has 0 N–H and O–H groups in total. The number of ether oxygens (including phenoxy) is 1. The Hall–Kier alpha value is -3.93. The molecule has 4 aromatic rings. The fourth-order valence-electron chi connectivity index (χ4n) is 3.92. The van der Waals surface area contributed by atoms with Gasteiger partial charge in [-0.05, 0) is 48.7 Å². The van der Waals surface area contributed by atoms with Gasteiger partial charge in [-0.3, -0.25) is 4.79 Å². The van der Waals surface area contributed by atoms with E-state index in [0.29, 0.717) is 37.5 Å². The van der Waals surface area contributed by atoms with Crippen molar-refractivity contribution < 1.29 is 14.1 Å². The molecule has 1 unspecified atom stereocenters. The van der Waals surface area contributed by atoms with Crippen LogP contribution in [0.25, 0.3) is 11.4 Å². The molecular weight excluding hydrogens is 426 g/mol. The van der Waals surface area contributed by atoms with Crippen molar-refractivity contribution in [3.05, 3.63) is 102 Å². The van der Waals surface area contributed by atoms with Gasteiger partial charge in [0.2, 0.25) is 17.6 Å². The van der Waals surface area contributed by atoms with E-state index < -0.39 is 0 Å². The van der Waals surface area contributed by atoms with Crippen LogP contribution < -0.4 is 4.74 Å². The van der Waals surface area contributed by atoms with Gasteiger partial charge in [-0.1, -0.05) is 65.8 Å². The van der Waals surface area contributed by atoms with Gasteiger partial charge in [0.1, 0.15) is 5.75 Å². The summed E-state index contributed by atoms with van der Waals surface area (Å²) in [5.41, 5.74) is 3.11. The maximum Gasteiger partial charge on any atom is 0.228 e. The molecule has 0 aliphatic heterocycles. The number of methoxy groups -OCH3 is 1. The van der Waals surface area contributed by atoms with Crippen LogP contribution in [0, 0.1) is 0 Å². The van der Waals surface area contributed by atoms with Crippen LogP contribution >= 0.6 is 0 Å². The van der Waals surface area contributed by atoms with Gasteiger partial charge in [-0.2, -0.15) is 4.98 Å².